The number of nitrogens with zero attached hydrogens (tertiary/aromatic N) is 1. The molecule has 1 atom stereocenters. The quantitative estimate of drug-likeness (QED) is 0.832. The number of ether oxygens (including phenoxy) is 1. The summed E-state index contributed by atoms with van der Waals surface area (Å²) in [5.41, 5.74) is 1.42. The molecular formula is C17H16Cl2N2O4S. The number of fused-ring (bicyclic) bond motifs is 1. The Hall–Kier alpha value is -1.80. The Kier molecular flexibility index (Phi) is 5.16. The highest BCUT2D eigenvalue weighted by Crippen LogP contribution is 2.34. The Morgan fingerprint density at radius 3 is 2.62 bits per heavy atom. The molecule has 1 aliphatic heterocycles. The molecule has 2 aromatic rings. The van der Waals surface area contributed by atoms with Crippen LogP contribution in [0.5, 0.6) is 5.75 Å². The number of anilines is 1. The van der Waals surface area contributed by atoms with Gasteiger partial charge in [0.2, 0.25) is 10.0 Å². The van der Waals surface area contributed by atoms with Gasteiger partial charge in [-0.2, -0.15) is 0 Å². The second kappa shape index (κ2) is 7.08. The van der Waals surface area contributed by atoms with Gasteiger partial charge < -0.3 is 9.64 Å². The predicted octanol–water partition coefficient (Wildman–Crippen LogP) is 3.00. The SMILES string of the molecule is CC1Cc2cc(S(N)(=O)=O)ccc2N1C(=O)COc1ccc(Cl)c(Cl)c1. The zero-order chi connectivity index (χ0) is 19.1. The van der Waals surface area contributed by atoms with Crippen LogP contribution in [0.1, 0.15) is 12.5 Å². The second-order valence-electron chi connectivity index (χ2n) is 6.02. The topological polar surface area (TPSA) is 89.7 Å². The van der Waals surface area contributed by atoms with Gasteiger partial charge in [-0.05, 0) is 49.2 Å². The average molecular weight is 415 g/mol. The zero-order valence-corrected chi connectivity index (χ0v) is 16.1. The van der Waals surface area contributed by atoms with Gasteiger partial charge >= 0.3 is 0 Å². The molecule has 9 heteroatoms. The molecule has 0 saturated carbocycles. The summed E-state index contributed by atoms with van der Waals surface area (Å²) >= 11 is 11.8. The largest absolute Gasteiger partial charge is 0.484 e. The van der Waals surface area contributed by atoms with Crippen molar-refractivity contribution in [1.82, 2.24) is 0 Å². The van der Waals surface area contributed by atoms with Crippen molar-refractivity contribution < 1.29 is 17.9 Å². The molecule has 0 spiro atoms. The lowest BCUT2D eigenvalue weighted by Crippen LogP contribution is -2.39. The fourth-order valence-corrected chi connectivity index (χ4v) is 3.80. The van der Waals surface area contributed by atoms with Crippen molar-refractivity contribution >= 4 is 44.8 Å². The van der Waals surface area contributed by atoms with Crippen molar-refractivity contribution in [3.63, 3.8) is 0 Å². The Bertz CT molecular complexity index is 979. The number of nitrogens with two attached hydrogens (primary N) is 1. The fourth-order valence-electron chi connectivity index (χ4n) is 2.95. The summed E-state index contributed by atoms with van der Waals surface area (Å²) in [6.07, 6.45) is 0.539. The Labute approximate surface area is 161 Å². The van der Waals surface area contributed by atoms with Crippen molar-refractivity contribution in [1.29, 1.82) is 0 Å². The number of hydrogen-bond donors (Lipinski definition) is 1. The molecule has 1 heterocycles. The molecule has 1 unspecified atom stereocenters. The lowest BCUT2D eigenvalue weighted by Gasteiger charge is -2.23. The summed E-state index contributed by atoms with van der Waals surface area (Å²) in [6.45, 7) is 1.70. The molecule has 6 nitrogen and oxygen atoms in total. The standard InChI is InChI=1S/C17H16Cl2N2O4S/c1-10-6-11-7-13(26(20,23)24)3-5-16(11)21(10)17(22)9-25-12-2-4-14(18)15(19)8-12/h2-5,7-8,10H,6,9H2,1H3,(H2,20,23,24). The lowest BCUT2D eigenvalue weighted by molar-refractivity contribution is -0.120. The van der Waals surface area contributed by atoms with Gasteiger partial charge in [-0.15, -0.1) is 0 Å². The molecule has 0 aliphatic carbocycles. The van der Waals surface area contributed by atoms with E-state index in [2.05, 4.69) is 0 Å². The van der Waals surface area contributed by atoms with Crippen LogP contribution < -0.4 is 14.8 Å². The Balaban J connectivity index is 1.77. The molecule has 3 rings (SSSR count). The van der Waals surface area contributed by atoms with Crippen LogP contribution in [0, 0.1) is 0 Å². The number of benzene rings is 2. The first-order valence-electron chi connectivity index (χ1n) is 7.72. The van der Waals surface area contributed by atoms with E-state index in [1.807, 2.05) is 6.92 Å². The zero-order valence-electron chi connectivity index (χ0n) is 13.8. The summed E-state index contributed by atoms with van der Waals surface area (Å²) in [7, 11) is -3.78. The van der Waals surface area contributed by atoms with E-state index in [-0.39, 0.29) is 23.5 Å². The number of halogens is 2. The van der Waals surface area contributed by atoms with Crippen LogP contribution in [0.25, 0.3) is 0 Å². The first kappa shape index (κ1) is 19.0. The van der Waals surface area contributed by atoms with E-state index in [4.69, 9.17) is 33.1 Å². The van der Waals surface area contributed by atoms with Crippen molar-refractivity contribution in [2.75, 3.05) is 11.5 Å². The highest BCUT2D eigenvalue weighted by molar-refractivity contribution is 7.89. The van der Waals surface area contributed by atoms with E-state index in [0.29, 0.717) is 27.9 Å². The number of rotatable bonds is 4. The summed E-state index contributed by atoms with van der Waals surface area (Å²) in [6, 6.07) is 9.13. The molecule has 138 valence electrons. The van der Waals surface area contributed by atoms with Gasteiger partial charge in [-0.1, -0.05) is 23.2 Å². The molecule has 0 radical (unpaired) electrons. The third kappa shape index (κ3) is 3.81. The van der Waals surface area contributed by atoms with Crippen LogP contribution in [0.2, 0.25) is 10.0 Å². The van der Waals surface area contributed by atoms with Gasteiger partial charge in [-0.25, -0.2) is 13.6 Å². The van der Waals surface area contributed by atoms with E-state index in [0.717, 1.165) is 5.56 Å². The van der Waals surface area contributed by atoms with E-state index in [9.17, 15) is 13.2 Å². The molecule has 1 amide bonds. The van der Waals surface area contributed by atoms with Crippen LogP contribution in [-0.2, 0) is 21.2 Å². The third-order valence-electron chi connectivity index (χ3n) is 4.12. The number of carbonyl (C=O) groups excluding carboxylic acids is 1. The van der Waals surface area contributed by atoms with Gasteiger partial charge in [0.1, 0.15) is 5.75 Å². The van der Waals surface area contributed by atoms with Crippen molar-refractivity contribution in [3.05, 3.63) is 52.0 Å². The normalized spacial score (nSPS) is 16.5. The summed E-state index contributed by atoms with van der Waals surface area (Å²) < 4.78 is 28.5. The summed E-state index contributed by atoms with van der Waals surface area (Å²) in [5.74, 6) is 0.190. The number of primary sulfonamides is 1. The minimum Gasteiger partial charge on any atom is -0.484 e. The van der Waals surface area contributed by atoms with E-state index in [1.165, 1.54) is 18.2 Å². The Morgan fingerprint density at radius 1 is 1.23 bits per heavy atom. The fraction of sp³-hybridized carbons (Fsp3) is 0.235. The molecule has 0 aromatic heterocycles. The monoisotopic (exact) mass is 414 g/mol. The molecular weight excluding hydrogens is 399 g/mol. The van der Waals surface area contributed by atoms with Gasteiger partial charge in [0.25, 0.3) is 5.91 Å². The van der Waals surface area contributed by atoms with Gasteiger partial charge in [0, 0.05) is 17.8 Å². The first-order valence-corrected chi connectivity index (χ1v) is 10.0. The number of sulfonamides is 1. The molecule has 0 fully saturated rings. The molecule has 1 aliphatic rings. The second-order valence-corrected chi connectivity index (χ2v) is 8.39. The highest BCUT2D eigenvalue weighted by Gasteiger charge is 2.32. The summed E-state index contributed by atoms with van der Waals surface area (Å²) in [5, 5.41) is 5.91. The van der Waals surface area contributed by atoms with Gasteiger partial charge in [0.15, 0.2) is 6.61 Å². The van der Waals surface area contributed by atoms with Gasteiger partial charge in [0.05, 0.1) is 14.9 Å². The minimum absolute atomic E-state index is 0.0322. The maximum atomic E-state index is 12.6. The van der Waals surface area contributed by atoms with E-state index < -0.39 is 10.0 Å². The Morgan fingerprint density at radius 2 is 1.96 bits per heavy atom. The van der Waals surface area contributed by atoms with Crippen molar-refractivity contribution in [3.8, 4) is 5.75 Å². The van der Waals surface area contributed by atoms with E-state index >= 15 is 0 Å². The van der Waals surface area contributed by atoms with Crippen LogP contribution in [0.4, 0.5) is 5.69 Å². The lowest BCUT2D eigenvalue weighted by atomic mass is 10.1. The van der Waals surface area contributed by atoms with Crippen LogP contribution in [0.3, 0.4) is 0 Å². The summed E-state index contributed by atoms with van der Waals surface area (Å²) in [4.78, 5) is 14.3. The molecule has 0 saturated heterocycles. The van der Waals surface area contributed by atoms with Crippen LogP contribution >= 0.6 is 23.2 Å². The first-order chi connectivity index (χ1) is 12.2. The highest BCUT2D eigenvalue weighted by atomic mass is 35.5. The number of hydrogen-bond acceptors (Lipinski definition) is 4. The van der Waals surface area contributed by atoms with Crippen LogP contribution in [0.15, 0.2) is 41.3 Å². The minimum atomic E-state index is -3.78. The average Bonchev–Trinajstić information content (AvgIpc) is 2.89. The molecule has 2 N–H and O–H groups in total. The maximum absolute atomic E-state index is 12.6. The number of carbonyl (C=O) groups is 1. The maximum Gasteiger partial charge on any atom is 0.265 e. The third-order valence-corrected chi connectivity index (χ3v) is 5.77. The van der Waals surface area contributed by atoms with Crippen molar-refractivity contribution in [2.45, 2.75) is 24.3 Å². The smallest absolute Gasteiger partial charge is 0.265 e. The molecule has 2 aromatic carbocycles. The van der Waals surface area contributed by atoms with Gasteiger partial charge in [-0.3, -0.25) is 4.79 Å². The number of amides is 1. The van der Waals surface area contributed by atoms with Crippen LogP contribution in [-0.4, -0.2) is 27.0 Å². The van der Waals surface area contributed by atoms with E-state index in [1.54, 1.807) is 23.1 Å². The predicted molar refractivity (Wildman–Crippen MR) is 100 cm³/mol. The molecule has 0 bridgehead atoms. The van der Waals surface area contributed by atoms with Crippen molar-refractivity contribution in [2.24, 2.45) is 5.14 Å². The molecule has 26 heavy (non-hydrogen) atoms.